The van der Waals surface area contributed by atoms with E-state index in [0.717, 1.165) is 10.5 Å². The summed E-state index contributed by atoms with van der Waals surface area (Å²) < 4.78 is 0. The van der Waals surface area contributed by atoms with E-state index in [1.165, 1.54) is 11.8 Å². The van der Waals surface area contributed by atoms with Gasteiger partial charge in [-0.3, -0.25) is 10.1 Å². The molecule has 2 aromatic carbocycles. The van der Waals surface area contributed by atoms with E-state index >= 15 is 0 Å². The number of amides is 1. The lowest BCUT2D eigenvalue weighted by Gasteiger charge is -2.15. The molecule has 22 heavy (non-hydrogen) atoms. The lowest BCUT2D eigenvalue weighted by atomic mass is 10.1. The van der Waals surface area contributed by atoms with Gasteiger partial charge in [0.2, 0.25) is 5.91 Å². The van der Waals surface area contributed by atoms with E-state index < -0.39 is 5.25 Å². The Morgan fingerprint density at radius 2 is 1.73 bits per heavy atom. The molecule has 2 N–H and O–H groups in total. The summed E-state index contributed by atoms with van der Waals surface area (Å²) in [4.78, 5) is 13.6. The molecule has 1 heterocycles. The van der Waals surface area contributed by atoms with Crippen LogP contribution < -0.4 is 5.32 Å². The van der Waals surface area contributed by atoms with Gasteiger partial charge in [-0.1, -0.05) is 53.6 Å². The minimum absolute atomic E-state index is 0.166. The first-order valence-corrected chi connectivity index (χ1v) is 7.52. The molecule has 1 amide bonds. The third-order valence-electron chi connectivity index (χ3n) is 2.92. The summed E-state index contributed by atoms with van der Waals surface area (Å²) in [5, 5.41) is 15.5. The number of H-pyrrole nitrogens is 1. The number of tetrazole rings is 1. The number of carbonyl (C=O) groups excluding carboxylic acids is 1. The van der Waals surface area contributed by atoms with Crippen molar-refractivity contribution in [1.29, 1.82) is 0 Å². The zero-order valence-corrected chi connectivity index (χ0v) is 12.3. The lowest BCUT2D eigenvalue weighted by molar-refractivity contribution is -0.115. The first-order valence-electron chi connectivity index (χ1n) is 6.64. The molecule has 0 radical (unpaired) electrons. The highest BCUT2D eigenvalue weighted by Crippen LogP contribution is 2.35. The average Bonchev–Trinajstić information content (AvgIpc) is 3.07. The molecular formula is C15H13N5OS. The van der Waals surface area contributed by atoms with E-state index in [-0.39, 0.29) is 11.9 Å². The highest BCUT2D eigenvalue weighted by atomic mass is 32.2. The molecule has 1 aromatic heterocycles. The summed E-state index contributed by atoms with van der Waals surface area (Å²) in [5.74, 6) is -0.0268. The smallest absolute Gasteiger partial charge is 0.269 e. The molecule has 3 rings (SSSR count). The van der Waals surface area contributed by atoms with Crippen LogP contribution in [0.3, 0.4) is 0 Å². The molecule has 0 saturated carbocycles. The Morgan fingerprint density at radius 3 is 2.36 bits per heavy atom. The van der Waals surface area contributed by atoms with Crippen LogP contribution in [0.1, 0.15) is 10.8 Å². The molecule has 0 saturated heterocycles. The Balaban J connectivity index is 1.84. The van der Waals surface area contributed by atoms with Crippen molar-refractivity contribution in [3.8, 4) is 0 Å². The Bertz CT molecular complexity index is 718. The van der Waals surface area contributed by atoms with Gasteiger partial charge in [-0.25, -0.2) is 0 Å². The quantitative estimate of drug-likeness (QED) is 0.708. The lowest BCUT2D eigenvalue weighted by Crippen LogP contribution is -2.19. The third kappa shape index (κ3) is 3.50. The predicted octanol–water partition coefficient (Wildman–Crippen LogP) is 2.67. The number of nitrogens with one attached hydrogen (secondary N) is 2. The highest BCUT2D eigenvalue weighted by molar-refractivity contribution is 8.00. The van der Waals surface area contributed by atoms with E-state index in [4.69, 9.17) is 0 Å². The molecule has 0 bridgehead atoms. The predicted molar refractivity (Wildman–Crippen MR) is 84.3 cm³/mol. The van der Waals surface area contributed by atoms with Crippen LogP contribution in [-0.4, -0.2) is 26.5 Å². The second-order valence-corrected chi connectivity index (χ2v) is 5.62. The topological polar surface area (TPSA) is 83.6 Å². The molecule has 3 aromatic rings. The van der Waals surface area contributed by atoms with Crippen molar-refractivity contribution in [2.75, 3.05) is 5.32 Å². The van der Waals surface area contributed by atoms with Crippen molar-refractivity contribution < 1.29 is 4.79 Å². The molecule has 110 valence electrons. The SMILES string of the molecule is O=C(Nc1nn[nH]n1)[C@H](Sc1ccccc1)c1ccccc1. The second-order valence-electron chi connectivity index (χ2n) is 4.45. The Morgan fingerprint density at radius 1 is 1.05 bits per heavy atom. The van der Waals surface area contributed by atoms with E-state index in [2.05, 4.69) is 25.9 Å². The fourth-order valence-corrected chi connectivity index (χ4v) is 2.97. The van der Waals surface area contributed by atoms with Gasteiger partial charge < -0.3 is 0 Å². The first kappa shape index (κ1) is 14.3. The van der Waals surface area contributed by atoms with Crippen LogP contribution in [0.5, 0.6) is 0 Å². The summed E-state index contributed by atoms with van der Waals surface area (Å²) in [6.07, 6.45) is 0. The molecule has 0 aliphatic rings. The zero-order valence-electron chi connectivity index (χ0n) is 11.5. The molecule has 0 spiro atoms. The van der Waals surface area contributed by atoms with Crippen LogP contribution in [0.4, 0.5) is 5.95 Å². The minimum atomic E-state index is -0.401. The number of carbonyl (C=O) groups is 1. The van der Waals surface area contributed by atoms with Crippen LogP contribution >= 0.6 is 11.8 Å². The summed E-state index contributed by atoms with van der Waals surface area (Å²) >= 11 is 1.47. The van der Waals surface area contributed by atoms with Gasteiger partial charge in [0.1, 0.15) is 5.25 Å². The summed E-state index contributed by atoms with van der Waals surface area (Å²) in [7, 11) is 0. The van der Waals surface area contributed by atoms with Crippen molar-refractivity contribution in [3.05, 3.63) is 66.2 Å². The summed E-state index contributed by atoms with van der Waals surface area (Å²) in [6, 6.07) is 19.4. The molecular weight excluding hydrogens is 298 g/mol. The van der Waals surface area contributed by atoms with Crippen molar-refractivity contribution in [1.82, 2.24) is 20.6 Å². The maximum atomic E-state index is 12.6. The molecule has 0 fully saturated rings. The number of benzene rings is 2. The van der Waals surface area contributed by atoms with Crippen LogP contribution in [0.25, 0.3) is 0 Å². The zero-order chi connectivity index (χ0) is 15.2. The second kappa shape index (κ2) is 6.86. The van der Waals surface area contributed by atoms with Crippen LogP contribution in [0.2, 0.25) is 0 Å². The van der Waals surface area contributed by atoms with Crippen molar-refractivity contribution in [3.63, 3.8) is 0 Å². The van der Waals surface area contributed by atoms with E-state index in [0.29, 0.717) is 0 Å². The number of rotatable bonds is 5. The van der Waals surface area contributed by atoms with Gasteiger partial charge in [0.15, 0.2) is 0 Å². The van der Waals surface area contributed by atoms with E-state index in [9.17, 15) is 4.79 Å². The van der Waals surface area contributed by atoms with Gasteiger partial charge in [-0.15, -0.1) is 16.9 Å². The third-order valence-corrected chi connectivity index (χ3v) is 4.18. The normalized spacial score (nSPS) is 11.8. The molecule has 0 aliphatic carbocycles. The Hall–Kier alpha value is -2.67. The van der Waals surface area contributed by atoms with Gasteiger partial charge in [0.05, 0.1) is 0 Å². The van der Waals surface area contributed by atoms with Gasteiger partial charge in [-0.2, -0.15) is 5.21 Å². The van der Waals surface area contributed by atoms with Gasteiger partial charge in [0, 0.05) is 4.90 Å². The van der Waals surface area contributed by atoms with Crippen molar-refractivity contribution in [2.45, 2.75) is 10.1 Å². The van der Waals surface area contributed by atoms with Crippen molar-refractivity contribution >= 4 is 23.6 Å². The molecule has 7 heteroatoms. The van der Waals surface area contributed by atoms with Gasteiger partial charge >= 0.3 is 0 Å². The standard InChI is InChI=1S/C15H13N5OS/c21-14(16-15-17-19-20-18-15)13(11-7-3-1-4-8-11)22-12-9-5-2-6-10-12/h1-10,13H,(H2,16,17,18,19,20,21)/t13-/m1/s1. The number of anilines is 1. The summed E-state index contributed by atoms with van der Waals surface area (Å²) in [6.45, 7) is 0. The number of thioether (sulfide) groups is 1. The van der Waals surface area contributed by atoms with E-state index in [1.807, 2.05) is 60.7 Å². The summed E-state index contributed by atoms with van der Waals surface area (Å²) in [5.41, 5.74) is 0.914. The van der Waals surface area contributed by atoms with Crippen molar-refractivity contribution in [2.24, 2.45) is 0 Å². The molecule has 0 unspecified atom stereocenters. The number of hydrogen-bond acceptors (Lipinski definition) is 5. The van der Waals surface area contributed by atoms with Crippen LogP contribution in [-0.2, 0) is 4.79 Å². The maximum absolute atomic E-state index is 12.6. The number of aromatic nitrogens is 4. The monoisotopic (exact) mass is 311 g/mol. The van der Waals surface area contributed by atoms with Crippen LogP contribution in [0.15, 0.2) is 65.6 Å². The molecule has 1 atom stereocenters. The largest absolute Gasteiger partial charge is 0.291 e. The molecule has 0 aliphatic heterocycles. The minimum Gasteiger partial charge on any atom is -0.291 e. The highest BCUT2D eigenvalue weighted by Gasteiger charge is 2.23. The fraction of sp³-hybridized carbons (Fsp3) is 0.0667. The Kier molecular flexibility index (Phi) is 4.45. The molecule has 6 nitrogen and oxygen atoms in total. The van der Waals surface area contributed by atoms with Gasteiger partial charge in [0.25, 0.3) is 5.95 Å². The maximum Gasteiger partial charge on any atom is 0.269 e. The first-order chi connectivity index (χ1) is 10.8. The number of nitrogens with zero attached hydrogens (tertiary/aromatic N) is 3. The van der Waals surface area contributed by atoms with Gasteiger partial charge in [-0.05, 0) is 22.9 Å². The average molecular weight is 311 g/mol. The van der Waals surface area contributed by atoms with E-state index in [1.54, 1.807) is 0 Å². The fourth-order valence-electron chi connectivity index (χ4n) is 1.93. The Labute approximate surface area is 131 Å². The number of hydrogen-bond donors (Lipinski definition) is 2. The number of aromatic amines is 1. The van der Waals surface area contributed by atoms with Crippen LogP contribution in [0, 0.1) is 0 Å².